The Labute approximate surface area is 176 Å². The fraction of sp³-hybridized carbons (Fsp3) is 0.667. The molecule has 2 aliphatic heterocycles. The van der Waals surface area contributed by atoms with Crippen molar-refractivity contribution in [2.75, 3.05) is 20.7 Å². The molecule has 0 N–H and O–H groups in total. The molecule has 0 aromatic heterocycles. The van der Waals surface area contributed by atoms with Crippen LogP contribution < -0.4 is 9.47 Å². The largest absolute Gasteiger partial charge is 0.493 e. The van der Waals surface area contributed by atoms with Gasteiger partial charge in [-0.25, -0.2) is 0 Å². The van der Waals surface area contributed by atoms with Crippen molar-refractivity contribution in [2.45, 2.75) is 81.8 Å². The first-order valence-corrected chi connectivity index (χ1v) is 14.0. The second-order valence-electron chi connectivity index (χ2n) is 10.9. The van der Waals surface area contributed by atoms with Gasteiger partial charge in [0.15, 0.2) is 19.8 Å². The zero-order valence-electron chi connectivity index (χ0n) is 19.0. The van der Waals surface area contributed by atoms with Crippen molar-refractivity contribution in [3.8, 4) is 11.5 Å². The number of piperidine rings is 1. The van der Waals surface area contributed by atoms with Crippen molar-refractivity contribution in [1.29, 1.82) is 0 Å². The van der Waals surface area contributed by atoms with Crippen LogP contribution in [0.1, 0.15) is 44.7 Å². The van der Waals surface area contributed by atoms with Crippen LogP contribution in [-0.4, -0.2) is 52.2 Å². The number of rotatable bonds is 3. The van der Waals surface area contributed by atoms with E-state index in [-0.39, 0.29) is 22.7 Å². The van der Waals surface area contributed by atoms with E-state index in [1.54, 1.807) is 12.7 Å². The van der Waals surface area contributed by atoms with Gasteiger partial charge in [0.1, 0.15) is 6.10 Å². The van der Waals surface area contributed by atoms with Crippen LogP contribution in [0.15, 0.2) is 23.8 Å². The molecule has 29 heavy (non-hydrogen) atoms. The lowest BCUT2D eigenvalue weighted by atomic mass is 9.56. The molecule has 2 aliphatic carbocycles. The van der Waals surface area contributed by atoms with Gasteiger partial charge < -0.3 is 13.9 Å². The van der Waals surface area contributed by atoms with Crippen molar-refractivity contribution < 1.29 is 13.9 Å². The van der Waals surface area contributed by atoms with E-state index in [1.807, 2.05) is 0 Å². The lowest BCUT2D eigenvalue weighted by Crippen LogP contribution is -2.63. The molecule has 1 aromatic rings. The zero-order chi connectivity index (χ0) is 20.8. The second kappa shape index (κ2) is 6.11. The Balaban J connectivity index is 1.65. The molecule has 158 valence electrons. The molecule has 0 unspecified atom stereocenters. The molecule has 1 fully saturated rings. The highest BCUT2D eigenvalue weighted by molar-refractivity contribution is 6.74. The highest BCUT2D eigenvalue weighted by atomic mass is 28.4. The number of hydrogen-bond donors (Lipinski definition) is 0. The van der Waals surface area contributed by atoms with E-state index in [1.165, 1.54) is 11.1 Å². The average molecular weight is 414 g/mol. The van der Waals surface area contributed by atoms with Gasteiger partial charge in [0.2, 0.25) is 0 Å². The topological polar surface area (TPSA) is 30.9 Å². The molecule has 4 aliphatic rings. The summed E-state index contributed by atoms with van der Waals surface area (Å²) in [5.74, 6) is 1.85. The van der Waals surface area contributed by atoms with Gasteiger partial charge in [-0.05, 0) is 68.2 Å². The molecule has 1 spiro atoms. The number of ether oxygens (including phenoxy) is 2. The minimum absolute atomic E-state index is 0.0418. The van der Waals surface area contributed by atoms with E-state index in [9.17, 15) is 0 Å². The summed E-state index contributed by atoms with van der Waals surface area (Å²) >= 11 is 0. The molecular formula is C24H35NO3Si. The summed E-state index contributed by atoms with van der Waals surface area (Å²) in [7, 11) is 2.12. The molecule has 5 heteroatoms. The Hall–Kier alpha value is -1.30. The van der Waals surface area contributed by atoms with E-state index >= 15 is 0 Å². The minimum Gasteiger partial charge on any atom is -0.493 e. The molecule has 2 heterocycles. The van der Waals surface area contributed by atoms with Gasteiger partial charge in [0.25, 0.3) is 0 Å². The lowest BCUT2D eigenvalue weighted by molar-refractivity contribution is -0.00597. The summed E-state index contributed by atoms with van der Waals surface area (Å²) in [6.07, 6.45) is 5.78. The highest BCUT2D eigenvalue weighted by Crippen LogP contribution is 2.62. The molecule has 0 radical (unpaired) electrons. The fourth-order valence-corrected chi connectivity index (χ4v) is 7.22. The summed E-state index contributed by atoms with van der Waals surface area (Å²) < 4.78 is 19.6. The van der Waals surface area contributed by atoms with Gasteiger partial charge in [-0.2, -0.15) is 0 Å². The second-order valence-corrected chi connectivity index (χ2v) is 15.7. The first kappa shape index (κ1) is 19.6. The Morgan fingerprint density at radius 1 is 1.24 bits per heavy atom. The Bertz CT molecular complexity index is 887. The smallest absolute Gasteiger partial charge is 0.192 e. The molecule has 2 bridgehead atoms. The van der Waals surface area contributed by atoms with Crippen molar-refractivity contribution in [1.82, 2.24) is 4.90 Å². The van der Waals surface area contributed by atoms with E-state index < -0.39 is 8.32 Å². The number of hydrogen-bond acceptors (Lipinski definition) is 4. The first-order valence-electron chi connectivity index (χ1n) is 11.1. The fourth-order valence-electron chi connectivity index (χ4n) is 5.89. The maximum Gasteiger partial charge on any atom is 0.192 e. The predicted octanol–water partition coefficient (Wildman–Crippen LogP) is 4.67. The summed E-state index contributed by atoms with van der Waals surface area (Å²) in [6, 6.07) is 4.85. The van der Waals surface area contributed by atoms with Crippen molar-refractivity contribution in [3.05, 3.63) is 34.9 Å². The van der Waals surface area contributed by atoms with Crippen molar-refractivity contribution in [2.24, 2.45) is 0 Å². The third-order valence-electron chi connectivity index (χ3n) is 8.44. The molecule has 1 aromatic carbocycles. The summed E-state index contributed by atoms with van der Waals surface area (Å²) in [5, 5.41) is 0.185. The highest BCUT2D eigenvalue weighted by Gasteiger charge is 2.63. The summed E-state index contributed by atoms with van der Waals surface area (Å²) in [5.41, 5.74) is 4.37. The number of likely N-dealkylation sites (N-methyl/N-ethyl adjacent to an activating group) is 1. The number of methoxy groups -OCH3 is 1. The molecule has 1 saturated heterocycles. The summed E-state index contributed by atoms with van der Waals surface area (Å²) in [4.78, 5) is 2.54. The Morgan fingerprint density at radius 3 is 2.69 bits per heavy atom. The van der Waals surface area contributed by atoms with Crippen LogP contribution in [0.4, 0.5) is 0 Å². The standard InChI is InChI=1S/C24H35NO3Si/c1-23(2,3)29(6,7)28-19-11-9-16-17-14-15-8-10-18(26-5)21-20(15)24(16,22(19)27-21)12-13-25(17)4/h8-10,17,19,22H,11-14H2,1-7H3/t17-,19-,22+,24+/m0/s1. The average Bonchev–Trinajstić information content (AvgIpc) is 3.00. The Morgan fingerprint density at radius 2 is 2.00 bits per heavy atom. The van der Waals surface area contributed by atoms with Gasteiger partial charge >= 0.3 is 0 Å². The predicted molar refractivity (Wildman–Crippen MR) is 119 cm³/mol. The SMILES string of the molecule is COc1ccc2c3c1O[C@@H]1[C@@H](O[Si](C)(C)C(C)(C)C)CC=C4[C@H](C2)N(C)CC[C@@]431. The third-order valence-corrected chi connectivity index (χ3v) is 12.9. The van der Waals surface area contributed by atoms with Gasteiger partial charge in [0.05, 0.1) is 18.6 Å². The first-order chi connectivity index (χ1) is 13.6. The van der Waals surface area contributed by atoms with Crippen molar-refractivity contribution >= 4 is 8.32 Å². The lowest BCUT2D eigenvalue weighted by Gasteiger charge is -2.55. The number of likely N-dealkylation sites (tertiary alicyclic amines) is 1. The van der Waals surface area contributed by atoms with Gasteiger partial charge in [-0.1, -0.05) is 32.9 Å². The monoisotopic (exact) mass is 413 g/mol. The quantitative estimate of drug-likeness (QED) is 0.532. The molecule has 5 rings (SSSR count). The molecule has 4 atom stereocenters. The van der Waals surface area contributed by atoms with Crippen LogP contribution in [0.3, 0.4) is 0 Å². The molecule has 0 saturated carbocycles. The van der Waals surface area contributed by atoms with Crippen LogP contribution in [0, 0.1) is 0 Å². The van der Waals surface area contributed by atoms with Crippen LogP contribution in [0.25, 0.3) is 0 Å². The molecular weight excluding hydrogens is 378 g/mol. The number of nitrogens with zero attached hydrogens (tertiary/aromatic N) is 1. The normalized spacial score (nSPS) is 33.1. The van der Waals surface area contributed by atoms with E-state index in [2.05, 4.69) is 64.0 Å². The third kappa shape index (κ3) is 2.50. The molecule has 0 amide bonds. The van der Waals surface area contributed by atoms with Crippen LogP contribution in [0.5, 0.6) is 11.5 Å². The van der Waals surface area contributed by atoms with E-state index in [0.29, 0.717) is 6.04 Å². The van der Waals surface area contributed by atoms with Gasteiger partial charge in [-0.3, -0.25) is 4.90 Å². The van der Waals surface area contributed by atoms with E-state index in [0.717, 1.165) is 37.3 Å². The molecule has 4 nitrogen and oxygen atoms in total. The van der Waals surface area contributed by atoms with Crippen LogP contribution >= 0.6 is 0 Å². The van der Waals surface area contributed by atoms with E-state index in [4.69, 9.17) is 13.9 Å². The maximum absolute atomic E-state index is 7.00. The van der Waals surface area contributed by atoms with Gasteiger partial charge in [-0.15, -0.1) is 0 Å². The van der Waals surface area contributed by atoms with Crippen LogP contribution in [0.2, 0.25) is 18.1 Å². The van der Waals surface area contributed by atoms with Crippen molar-refractivity contribution in [3.63, 3.8) is 0 Å². The number of benzene rings is 1. The Kier molecular flexibility index (Phi) is 4.14. The maximum atomic E-state index is 7.00. The summed E-state index contributed by atoms with van der Waals surface area (Å²) in [6.45, 7) is 12.8. The van der Waals surface area contributed by atoms with Gasteiger partial charge in [0, 0.05) is 11.6 Å². The zero-order valence-corrected chi connectivity index (χ0v) is 20.0. The minimum atomic E-state index is -1.90. The van der Waals surface area contributed by atoms with Crippen LogP contribution in [-0.2, 0) is 16.3 Å².